The topological polar surface area (TPSA) is 97.3 Å². The number of benzene rings is 2. The summed E-state index contributed by atoms with van der Waals surface area (Å²) in [7, 11) is -3.92. The minimum absolute atomic E-state index is 0.0151. The molecule has 1 aliphatic heterocycles. The summed E-state index contributed by atoms with van der Waals surface area (Å²) in [6.07, 6.45) is 1.32. The van der Waals surface area contributed by atoms with Crippen LogP contribution in [0.25, 0.3) is 0 Å². The van der Waals surface area contributed by atoms with Crippen molar-refractivity contribution in [2.45, 2.75) is 11.4 Å². The molecule has 0 aliphatic carbocycles. The van der Waals surface area contributed by atoms with Gasteiger partial charge in [-0.3, -0.25) is 9.59 Å². The molecule has 2 N–H and O–H groups in total. The fourth-order valence-electron chi connectivity index (χ4n) is 2.92. The summed E-state index contributed by atoms with van der Waals surface area (Å²) < 4.78 is 26.5. The van der Waals surface area contributed by atoms with Gasteiger partial charge in [-0.2, -0.15) is 0 Å². The average molecular weight is 381 g/mol. The number of carbonyl (C=O) groups excluding carboxylic acids is 2. The average Bonchev–Trinajstić information content (AvgIpc) is 3.15. The lowest BCUT2D eigenvalue weighted by Crippen LogP contribution is -2.23. The maximum absolute atomic E-state index is 12.8. The zero-order valence-corrected chi connectivity index (χ0v) is 14.9. The van der Waals surface area contributed by atoms with Crippen molar-refractivity contribution in [3.63, 3.8) is 0 Å². The van der Waals surface area contributed by atoms with Crippen molar-refractivity contribution in [2.75, 3.05) is 5.32 Å². The van der Waals surface area contributed by atoms with Gasteiger partial charge in [0.2, 0.25) is 0 Å². The smallest absolute Gasteiger partial charge is 0.273 e. The molecule has 0 saturated heterocycles. The molecular weight excluding hydrogens is 366 g/mol. The van der Waals surface area contributed by atoms with Gasteiger partial charge in [-0.25, -0.2) is 12.4 Å². The number of hydrogen-bond donors (Lipinski definition) is 2. The summed E-state index contributed by atoms with van der Waals surface area (Å²) in [5.41, 5.74) is 1.29. The van der Waals surface area contributed by atoms with E-state index in [2.05, 4.69) is 10.6 Å². The second-order valence-corrected chi connectivity index (χ2v) is 7.81. The molecule has 0 atom stereocenters. The molecule has 3 aromatic rings. The molecule has 4 rings (SSSR count). The molecule has 0 spiro atoms. The van der Waals surface area contributed by atoms with Gasteiger partial charge >= 0.3 is 0 Å². The molecule has 7 nitrogen and oxygen atoms in total. The van der Waals surface area contributed by atoms with Crippen LogP contribution in [0.5, 0.6) is 0 Å². The second kappa shape index (κ2) is 6.40. The molecule has 2 amide bonds. The highest BCUT2D eigenvalue weighted by Crippen LogP contribution is 2.29. The van der Waals surface area contributed by atoms with Gasteiger partial charge in [-0.1, -0.05) is 30.3 Å². The second-order valence-electron chi connectivity index (χ2n) is 6.03. The van der Waals surface area contributed by atoms with Gasteiger partial charge in [0, 0.05) is 18.3 Å². The molecule has 1 aliphatic rings. The van der Waals surface area contributed by atoms with E-state index in [1.165, 1.54) is 36.5 Å². The van der Waals surface area contributed by atoms with E-state index in [0.29, 0.717) is 6.54 Å². The van der Waals surface area contributed by atoms with Crippen LogP contribution < -0.4 is 10.6 Å². The first-order valence-electron chi connectivity index (χ1n) is 8.17. The number of aromatic nitrogens is 1. The van der Waals surface area contributed by atoms with Crippen LogP contribution in [-0.2, 0) is 16.6 Å². The summed E-state index contributed by atoms with van der Waals surface area (Å²) in [6, 6.07) is 16.5. The molecule has 136 valence electrons. The monoisotopic (exact) mass is 381 g/mol. The lowest BCUT2D eigenvalue weighted by Gasteiger charge is -2.10. The lowest BCUT2D eigenvalue weighted by atomic mass is 10.1. The number of nitrogens with zero attached hydrogens (tertiary/aromatic N) is 1. The third-order valence-electron chi connectivity index (χ3n) is 4.27. The maximum atomic E-state index is 12.8. The van der Waals surface area contributed by atoms with Gasteiger partial charge in [0.15, 0.2) is 0 Å². The largest absolute Gasteiger partial charge is 0.348 e. The van der Waals surface area contributed by atoms with E-state index in [0.717, 1.165) is 9.54 Å². The minimum Gasteiger partial charge on any atom is -0.348 e. The molecule has 2 aromatic carbocycles. The Bertz CT molecular complexity index is 1150. The minimum atomic E-state index is -3.92. The highest BCUT2D eigenvalue weighted by atomic mass is 32.2. The van der Waals surface area contributed by atoms with Gasteiger partial charge in [0.1, 0.15) is 10.6 Å². The summed E-state index contributed by atoms with van der Waals surface area (Å²) in [6.45, 7) is 0.340. The SMILES string of the molecule is O=C(NCc1ccccc1)c1ccc2c(c1)NC(=O)c1cccn1S2(=O)=O. The van der Waals surface area contributed by atoms with Crippen LogP contribution in [0.2, 0.25) is 0 Å². The number of rotatable bonds is 3. The van der Waals surface area contributed by atoms with Gasteiger partial charge < -0.3 is 10.6 Å². The first-order chi connectivity index (χ1) is 13.0. The highest BCUT2D eigenvalue weighted by Gasteiger charge is 2.30. The van der Waals surface area contributed by atoms with E-state index in [-0.39, 0.29) is 27.7 Å². The van der Waals surface area contributed by atoms with Crippen LogP contribution in [0.15, 0.2) is 71.8 Å². The molecule has 0 unspecified atom stereocenters. The lowest BCUT2D eigenvalue weighted by molar-refractivity contribution is 0.0949. The van der Waals surface area contributed by atoms with Crippen LogP contribution in [0.4, 0.5) is 5.69 Å². The summed E-state index contributed by atoms with van der Waals surface area (Å²) >= 11 is 0. The van der Waals surface area contributed by atoms with Crippen LogP contribution >= 0.6 is 0 Å². The Kier molecular flexibility index (Phi) is 4.04. The van der Waals surface area contributed by atoms with Crippen LogP contribution in [0.3, 0.4) is 0 Å². The van der Waals surface area contributed by atoms with Crippen molar-refractivity contribution >= 4 is 27.5 Å². The number of carbonyl (C=O) groups is 2. The molecule has 0 saturated carbocycles. The normalized spacial score (nSPS) is 14.4. The van der Waals surface area contributed by atoms with Gasteiger partial charge in [-0.05, 0) is 35.9 Å². The number of nitrogens with one attached hydrogen (secondary N) is 2. The Morgan fingerprint density at radius 3 is 2.59 bits per heavy atom. The van der Waals surface area contributed by atoms with Crippen LogP contribution in [0.1, 0.15) is 26.4 Å². The fraction of sp³-hybridized carbons (Fsp3) is 0.0526. The molecule has 8 heteroatoms. The van der Waals surface area contributed by atoms with Gasteiger partial charge in [-0.15, -0.1) is 0 Å². The predicted octanol–water partition coefficient (Wildman–Crippen LogP) is 2.22. The van der Waals surface area contributed by atoms with Crippen molar-refractivity contribution in [2.24, 2.45) is 0 Å². The van der Waals surface area contributed by atoms with Crippen molar-refractivity contribution in [3.05, 3.63) is 83.7 Å². The third kappa shape index (κ3) is 3.00. The number of amides is 2. The Balaban J connectivity index is 1.65. The van der Waals surface area contributed by atoms with E-state index in [1.807, 2.05) is 30.3 Å². The first-order valence-corrected chi connectivity index (χ1v) is 9.61. The van der Waals surface area contributed by atoms with E-state index >= 15 is 0 Å². The van der Waals surface area contributed by atoms with E-state index in [9.17, 15) is 18.0 Å². The Morgan fingerprint density at radius 2 is 1.81 bits per heavy atom. The van der Waals surface area contributed by atoms with E-state index in [1.54, 1.807) is 0 Å². The Hall–Kier alpha value is -3.39. The zero-order chi connectivity index (χ0) is 19.0. The number of anilines is 1. The summed E-state index contributed by atoms with van der Waals surface area (Å²) in [4.78, 5) is 24.7. The van der Waals surface area contributed by atoms with Gasteiger partial charge in [0.25, 0.3) is 21.8 Å². The first kappa shape index (κ1) is 17.0. The maximum Gasteiger partial charge on any atom is 0.273 e. The summed E-state index contributed by atoms with van der Waals surface area (Å²) in [5, 5.41) is 5.35. The van der Waals surface area contributed by atoms with E-state index in [4.69, 9.17) is 0 Å². The molecule has 2 heterocycles. The standard InChI is InChI=1S/C19H15N3O4S/c23-18(20-12-13-5-2-1-3-6-13)14-8-9-17-15(11-14)21-19(24)16-7-4-10-22(16)27(17,25)26/h1-11H,12H2,(H,20,23)(H,21,24). The van der Waals surface area contributed by atoms with Crippen molar-refractivity contribution < 1.29 is 18.0 Å². The Labute approximate surface area is 155 Å². The van der Waals surface area contributed by atoms with Crippen molar-refractivity contribution in [3.8, 4) is 0 Å². The van der Waals surface area contributed by atoms with Crippen molar-refractivity contribution in [1.29, 1.82) is 0 Å². The fourth-order valence-corrected chi connectivity index (χ4v) is 4.39. The number of fused-ring (bicyclic) bond motifs is 2. The number of hydrogen-bond acceptors (Lipinski definition) is 4. The quantitative estimate of drug-likeness (QED) is 0.727. The van der Waals surface area contributed by atoms with Crippen LogP contribution in [-0.4, -0.2) is 24.2 Å². The van der Waals surface area contributed by atoms with Crippen LogP contribution in [0, 0.1) is 0 Å². The summed E-state index contributed by atoms with van der Waals surface area (Å²) in [5.74, 6) is -0.915. The van der Waals surface area contributed by atoms with Crippen molar-refractivity contribution in [1.82, 2.24) is 9.29 Å². The molecule has 0 radical (unpaired) electrons. The van der Waals surface area contributed by atoms with Gasteiger partial charge in [0.05, 0.1) is 5.69 Å². The molecule has 0 fully saturated rings. The molecule has 27 heavy (non-hydrogen) atoms. The molecular formula is C19H15N3O4S. The highest BCUT2D eigenvalue weighted by molar-refractivity contribution is 7.90. The third-order valence-corrected chi connectivity index (χ3v) is 6.02. The van der Waals surface area contributed by atoms with E-state index < -0.39 is 15.9 Å². The Morgan fingerprint density at radius 1 is 1.04 bits per heavy atom. The molecule has 1 aromatic heterocycles. The zero-order valence-electron chi connectivity index (χ0n) is 14.0. The molecule has 0 bridgehead atoms. The predicted molar refractivity (Wildman–Crippen MR) is 99.0 cm³/mol.